The fourth-order valence-corrected chi connectivity index (χ4v) is 2.27. The van der Waals surface area contributed by atoms with Crippen molar-refractivity contribution in [2.24, 2.45) is 0 Å². The molecule has 0 atom stereocenters. The van der Waals surface area contributed by atoms with E-state index in [1.54, 1.807) is 12.1 Å². The number of nitrogens with zero attached hydrogens (tertiary/aromatic N) is 1. The van der Waals surface area contributed by atoms with E-state index < -0.39 is 5.63 Å². The van der Waals surface area contributed by atoms with Gasteiger partial charge in [0.1, 0.15) is 18.2 Å². The summed E-state index contributed by atoms with van der Waals surface area (Å²) in [6.07, 6.45) is 6.25. The number of ether oxygens (including phenoxy) is 1. The van der Waals surface area contributed by atoms with Crippen molar-refractivity contribution in [3.8, 4) is 11.8 Å². The normalized spacial score (nSPS) is 11.2. The van der Waals surface area contributed by atoms with E-state index >= 15 is 0 Å². The third-order valence-electron chi connectivity index (χ3n) is 3.61. The van der Waals surface area contributed by atoms with Crippen LogP contribution < -0.4 is 10.4 Å². The SMILES string of the molecule is CC(C)=CCC/C(C)=C/COc1cccc2cc(C#N)c(=O)oc12. The molecule has 0 aliphatic rings. The molecule has 0 aliphatic carbocycles. The summed E-state index contributed by atoms with van der Waals surface area (Å²) in [7, 11) is 0. The third-order valence-corrected chi connectivity index (χ3v) is 3.61. The van der Waals surface area contributed by atoms with Crippen LogP contribution in [0.2, 0.25) is 0 Å². The lowest BCUT2D eigenvalue weighted by Gasteiger charge is -2.07. The molecule has 1 heterocycles. The van der Waals surface area contributed by atoms with E-state index in [0.717, 1.165) is 12.8 Å². The lowest BCUT2D eigenvalue weighted by atomic mass is 10.1. The van der Waals surface area contributed by atoms with Gasteiger partial charge in [0.25, 0.3) is 0 Å². The average Bonchev–Trinajstić information content (AvgIpc) is 2.54. The predicted octanol–water partition coefficient (Wildman–Crippen LogP) is 4.74. The molecule has 4 nitrogen and oxygen atoms in total. The Kier molecular flexibility index (Phi) is 5.97. The van der Waals surface area contributed by atoms with Crippen molar-refractivity contribution in [3.05, 3.63) is 63.5 Å². The number of fused-ring (bicyclic) bond motifs is 1. The minimum absolute atomic E-state index is 0.00494. The molecule has 1 aromatic carbocycles. The summed E-state index contributed by atoms with van der Waals surface area (Å²) in [6, 6.07) is 8.70. The minimum Gasteiger partial charge on any atom is -0.486 e. The molecule has 2 aromatic rings. The quantitative estimate of drug-likeness (QED) is 0.569. The van der Waals surface area contributed by atoms with Crippen LogP contribution >= 0.6 is 0 Å². The average molecular weight is 323 g/mol. The molecular weight excluding hydrogens is 302 g/mol. The molecule has 4 heteroatoms. The van der Waals surface area contributed by atoms with Crippen molar-refractivity contribution in [3.63, 3.8) is 0 Å². The monoisotopic (exact) mass is 323 g/mol. The van der Waals surface area contributed by atoms with Gasteiger partial charge in [-0.2, -0.15) is 5.26 Å². The van der Waals surface area contributed by atoms with Gasteiger partial charge >= 0.3 is 5.63 Å². The molecule has 0 amide bonds. The van der Waals surface area contributed by atoms with Gasteiger partial charge in [0.05, 0.1) is 0 Å². The highest BCUT2D eigenvalue weighted by molar-refractivity contribution is 5.83. The molecule has 0 spiro atoms. The molecule has 0 bridgehead atoms. The van der Waals surface area contributed by atoms with Crippen molar-refractivity contribution < 1.29 is 9.15 Å². The first-order chi connectivity index (χ1) is 11.5. The van der Waals surface area contributed by atoms with Crippen LogP contribution in [-0.4, -0.2) is 6.61 Å². The predicted molar refractivity (Wildman–Crippen MR) is 95.1 cm³/mol. The maximum atomic E-state index is 11.7. The van der Waals surface area contributed by atoms with Crippen LogP contribution in [-0.2, 0) is 0 Å². The van der Waals surface area contributed by atoms with Crippen LogP contribution in [0.5, 0.6) is 5.75 Å². The van der Waals surface area contributed by atoms with E-state index in [2.05, 4.69) is 26.8 Å². The summed E-state index contributed by atoms with van der Waals surface area (Å²) in [5.41, 5.74) is 2.30. The minimum atomic E-state index is -0.644. The van der Waals surface area contributed by atoms with E-state index in [-0.39, 0.29) is 5.56 Å². The van der Waals surface area contributed by atoms with Crippen LogP contribution in [0, 0.1) is 11.3 Å². The Balaban J connectivity index is 2.11. The Hall–Kier alpha value is -2.80. The van der Waals surface area contributed by atoms with E-state index in [0.29, 0.717) is 23.3 Å². The summed E-state index contributed by atoms with van der Waals surface area (Å²) in [5.74, 6) is 0.502. The van der Waals surface area contributed by atoms with E-state index in [4.69, 9.17) is 14.4 Å². The molecule has 0 aliphatic heterocycles. The fraction of sp³-hybridized carbons (Fsp3) is 0.300. The molecule has 0 saturated carbocycles. The van der Waals surface area contributed by atoms with Crippen LogP contribution in [0.3, 0.4) is 0 Å². The molecule has 0 unspecified atom stereocenters. The van der Waals surface area contributed by atoms with Gasteiger partial charge in [-0.3, -0.25) is 0 Å². The van der Waals surface area contributed by atoms with Crippen molar-refractivity contribution in [2.75, 3.05) is 6.61 Å². The largest absolute Gasteiger partial charge is 0.486 e. The first-order valence-corrected chi connectivity index (χ1v) is 7.90. The highest BCUT2D eigenvalue weighted by atomic mass is 16.5. The van der Waals surface area contributed by atoms with Crippen molar-refractivity contribution in [1.29, 1.82) is 5.26 Å². The van der Waals surface area contributed by atoms with Gasteiger partial charge in [0.15, 0.2) is 11.3 Å². The number of benzene rings is 1. The van der Waals surface area contributed by atoms with Crippen LogP contribution in [0.1, 0.15) is 39.2 Å². The lowest BCUT2D eigenvalue weighted by Crippen LogP contribution is -2.04. The first kappa shape index (κ1) is 17.6. The number of nitriles is 1. The Labute approximate surface area is 141 Å². The number of rotatable bonds is 6. The zero-order valence-electron chi connectivity index (χ0n) is 14.3. The molecule has 0 N–H and O–H groups in total. The summed E-state index contributed by atoms with van der Waals surface area (Å²) >= 11 is 0. The second kappa shape index (κ2) is 8.16. The first-order valence-electron chi connectivity index (χ1n) is 7.90. The molecule has 24 heavy (non-hydrogen) atoms. The number of hydrogen-bond donors (Lipinski definition) is 0. The van der Waals surface area contributed by atoms with Gasteiger partial charge in [0, 0.05) is 5.39 Å². The maximum absolute atomic E-state index is 11.7. The van der Waals surface area contributed by atoms with Gasteiger partial charge < -0.3 is 9.15 Å². The van der Waals surface area contributed by atoms with Crippen molar-refractivity contribution in [1.82, 2.24) is 0 Å². The van der Waals surface area contributed by atoms with Crippen LogP contribution in [0.4, 0.5) is 0 Å². The topological polar surface area (TPSA) is 63.2 Å². The summed E-state index contributed by atoms with van der Waals surface area (Å²) in [5, 5.41) is 9.58. The fourth-order valence-electron chi connectivity index (χ4n) is 2.27. The molecule has 124 valence electrons. The van der Waals surface area contributed by atoms with Crippen molar-refractivity contribution >= 4 is 11.0 Å². The molecular formula is C20H21NO3. The highest BCUT2D eigenvalue weighted by Gasteiger charge is 2.09. The third kappa shape index (κ3) is 4.60. The van der Waals surface area contributed by atoms with E-state index in [1.807, 2.05) is 18.2 Å². The van der Waals surface area contributed by atoms with Gasteiger partial charge in [0.2, 0.25) is 0 Å². The number of hydrogen-bond acceptors (Lipinski definition) is 4. The van der Waals surface area contributed by atoms with E-state index in [1.165, 1.54) is 17.2 Å². The summed E-state index contributed by atoms with van der Waals surface area (Å²) in [4.78, 5) is 11.7. The lowest BCUT2D eigenvalue weighted by molar-refractivity contribution is 0.357. The molecule has 0 saturated heterocycles. The number of allylic oxidation sites excluding steroid dienone is 3. The molecule has 0 fully saturated rings. The second-order valence-electron chi connectivity index (χ2n) is 5.92. The molecule has 1 aromatic heterocycles. The maximum Gasteiger partial charge on any atom is 0.354 e. The number of para-hydroxylation sites is 1. The van der Waals surface area contributed by atoms with Gasteiger partial charge in [-0.25, -0.2) is 4.79 Å². The van der Waals surface area contributed by atoms with Crippen molar-refractivity contribution in [2.45, 2.75) is 33.6 Å². The molecule has 2 rings (SSSR count). The van der Waals surface area contributed by atoms with Gasteiger partial charge in [-0.05, 0) is 51.8 Å². The zero-order chi connectivity index (χ0) is 17.5. The Morgan fingerprint density at radius 1 is 1.29 bits per heavy atom. The Morgan fingerprint density at radius 3 is 2.79 bits per heavy atom. The van der Waals surface area contributed by atoms with Gasteiger partial charge in [-0.1, -0.05) is 29.4 Å². The van der Waals surface area contributed by atoms with Crippen LogP contribution in [0.25, 0.3) is 11.0 Å². The Bertz CT molecular complexity index is 878. The summed E-state index contributed by atoms with van der Waals surface area (Å²) in [6.45, 7) is 6.66. The smallest absolute Gasteiger partial charge is 0.354 e. The zero-order valence-corrected chi connectivity index (χ0v) is 14.3. The highest BCUT2D eigenvalue weighted by Crippen LogP contribution is 2.25. The summed E-state index contributed by atoms with van der Waals surface area (Å²) < 4.78 is 11.0. The second-order valence-corrected chi connectivity index (χ2v) is 5.92. The van der Waals surface area contributed by atoms with Crippen LogP contribution in [0.15, 0.2) is 56.8 Å². The van der Waals surface area contributed by atoms with Gasteiger partial charge in [-0.15, -0.1) is 0 Å². The molecule has 0 radical (unpaired) electrons. The Morgan fingerprint density at radius 2 is 2.08 bits per heavy atom. The standard InChI is InChI=1S/C20H21NO3/c1-14(2)6-4-7-15(3)10-11-23-18-9-5-8-16-12-17(13-21)20(22)24-19(16)18/h5-6,8-10,12H,4,7,11H2,1-3H3/b15-10+. The van der Waals surface area contributed by atoms with E-state index in [9.17, 15) is 4.79 Å².